The Balaban J connectivity index is 0.00000441. The van der Waals surface area contributed by atoms with Crippen LogP contribution < -0.4 is 10.1 Å². The van der Waals surface area contributed by atoms with Crippen molar-refractivity contribution < 1.29 is 28.2 Å². The smallest absolute Gasteiger partial charge is 0.387 e. The van der Waals surface area contributed by atoms with E-state index in [1.807, 2.05) is 0 Å². The van der Waals surface area contributed by atoms with Crippen molar-refractivity contribution in [2.45, 2.75) is 13.2 Å². The molecule has 0 unspecified atom stereocenters. The Kier molecular flexibility index (Phi) is 9.04. The number of halogens is 3. The summed E-state index contributed by atoms with van der Waals surface area (Å²) in [6, 6.07) is 6.06. The van der Waals surface area contributed by atoms with Crippen LogP contribution in [0.1, 0.15) is 5.56 Å². The standard InChI is InChI=1S/C13H16F2N2O4.ClH/c1-17(8-11(18)16-6-12(19)20)7-9-2-4-10(5-3-9)21-13(14)15;/h2-5,13H,6-8H2,1H3,(H,16,18)(H,19,20);1H. The maximum Gasteiger partial charge on any atom is 0.387 e. The lowest BCUT2D eigenvalue weighted by atomic mass is 10.2. The largest absolute Gasteiger partial charge is 0.480 e. The number of carbonyl (C=O) groups is 2. The molecule has 6 nitrogen and oxygen atoms in total. The third kappa shape index (κ3) is 8.38. The lowest BCUT2D eigenvalue weighted by molar-refractivity contribution is -0.138. The minimum absolute atomic E-state index is 0. The molecule has 9 heteroatoms. The van der Waals surface area contributed by atoms with Crippen LogP contribution in [-0.2, 0) is 16.1 Å². The molecule has 1 aromatic rings. The Bertz CT molecular complexity index is 485. The van der Waals surface area contributed by atoms with Gasteiger partial charge in [-0.25, -0.2) is 0 Å². The van der Waals surface area contributed by atoms with Gasteiger partial charge in [0.25, 0.3) is 0 Å². The molecule has 0 aliphatic rings. The average molecular weight is 339 g/mol. The van der Waals surface area contributed by atoms with E-state index in [1.165, 1.54) is 12.1 Å². The third-order valence-corrected chi connectivity index (χ3v) is 2.45. The molecule has 0 aliphatic heterocycles. The Morgan fingerprint density at radius 1 is 1.32 bits per heavy atom. The predicted molar refractivity (Wildman–Crippen MR) is 77.3 cm³/mol. The molecule has 0 fully saturated rings. The van der Waals surface area contributed by atoms with Gasteiger partial charge in [0, 0.05) is 6.54 Å². The van der Waals surface area contributed by atoms with Crippen LogP contribution in [-0.4, -0.2) is 48.6 Å². The van der Waals surface area contributed by atoms with Crippen LogP contribution in [0.25, 0.3) is 0 Å². The number of hydrogen-bond acceptors (Lipinski definition) is 4. The molecule has 0 bridgehead atoms. The van der Waals surface area contributed by atoms with E-state index < -0.39 is 25.0 Å². The Hall–Kier alpha value is -1.93. The second-order valence-corrected chi connectivity index (χ2v) is 4.37. The van der Waals surface area contributed by atoms with Crippen LogP contribution in [0.5, 0.6) is 5.75 Å². The van der Waals surface area contributed by atoms with E-state index in [-0.39, 0.29) is 24.7 Å². The monoisotopic (exact) mass is 338 g/mol. The van der Waals surface area contributed by atoms with Gasteiger partial charge >= 0.3 is 12.6 Å². The number of benzene rings is 1. The summed E-state index contributed by atoms with van der Waals surface area (Å²) in [7, 11) is 1.68. The highest BCUT2D eigenvalue weighted by atomic mass is 35.5. The van der Waals surface area contributed by atoms with Gasteiger partial charge in [-0.15, -0.1) is 12.4 Å². The SMILES string of the molecule is CN(CC(=O)NCC(=O)O)Cc1ccc(OC(F)F)cc1.Cl. The number of amides is 1. The molecule has 1 rings (SSSR count). The summed E-state index contributed by atoms with van der Waals surface area (Å²) in [5, 5.41) is 10.7. The number of rotatable bonds is 8. The van der Waals surface area contributed by atoms with Crippen LogP contribution >= 0.6 is 12.4 Å². The second-order valence-electron chi connectivity index (χ2n) is 4.37. The molecular weight excluding hydrogens is 322 g/mol. The Morgan fingerprint density at radius 3 is 2.41 bits per heavy atom. The van der Waals surface area contributed by atoms with Crippen molar-refractivity contribution in [1.29, 1.82) is 0 Å². The van der Waals surface area contributed by atoms with E-state index in [0.29, 0.717) is 6.54 Å². The van der Waals surface area contributed by atoms with Crippen molar-refractivity contribution in [2.75, 3.05) is 20.1 Å². The summed E-state index contributed by atoms with van der Waals surface area (Å²) in [4.78, 5) is 23.4. The normalized spacial score (nSPS) is 10.2. The maximum absolute atomic E-state index is 12.0. The highest BCUT2D eigenvalue weighted by Crippen LogP contribution is 2.15. The quantitative estimate of drug-likeness (QED) is 0.748. The summed E-state index contributed by atoms with van der Waals surface area (Å²) < 4.78 is 28.2. The zero-order valence-electron chi connectivity index (χ0n) is 11.8. The van der Waals surface area contributed by atoms with Crippen LogP contribution in [0.3, 0.4) is 0 Å². The predicted octanol–water partition coefficient (Wildman–Crippen LogP) is 1.34. The van der Waals surface area contributed by atoms with Crippen LogP contribution in [0.15, 0.2) is 24.3 Å². The molecule has 0 saturated carbocycles. The highest BCUT2D eigenvalue weighted by Gasteiger charge is 2.09. The summed E-state index contributed by atoms with van der Waals surface area (Å²) in [6.07, 6.45) is 0. The van der Waals surface area contributed by atoms with Crippen LogP contribution in [0.4, 0.5) is 8.78 Å². The first kappa shape index (κ1) is 20.1. The molecule has 1 aromatic carbocycles. The Labute approximate surface area is 132 Å². The first-order chi connectivity index (χ1) is 9.86. The van der Waals surface area contributed by atoms with E-state index in [4.69, 9.17) is 5.11 Å². The van der Waals surface area contributed by atoms with E-state index >= 15 is 0 Å². The third-order valence-electron chi connectivity index (χ3n) is 2.45. The van der Waals surface area contributed by atoms with Gasteiger partial charge in [0.15, 0.2) is 0 Å². The van der Waals surface area contributed by atoms with E-state index in [2.05, 4.69) is 10.1 Å². The van der Waals surface area contributed by atoms with Crippen molar-refractivity contribution in [2.24, 2.45) is 0 Å². The maximum atomic E-state index is 12.0. The van der Waals surface area contributed by atoms with Gasteiger partial charge in [0.2, 0.25) is 5.91 Å². The Morgan fingerprint density at radius 2 is 1.91 bits per heavy atom. The number of carboxylic acids is 1. The van der Waals surface area contributed by atoms with Gasteiger partial charge in [-0.1, -0.05) is 12.1 Å². The number of nitrogens with one attached hydrogen (secondary N) is 1. The lowest BCUT2D eigenvalue weighted by Gasteiger charge is -2.16. The van der Waals surface area contributed by atoms with Gasteiger partial charge in [0.05, 0.1) is 6.54 Å². The average Bonchev–Trinajstić information content (AvgIpc) is 2.38. The van der Waals surface area contributed by atoms with Crippen LogP contribution in [0, 0.1) is 0 Å². The number of alkyl halides is 2. The van der Waals surface area contributed by atoms with Crippen molar-refractivity contribution >= 4 is 24.3 Å². The molecular formula is C13H17ClF2N2O4. The van der Waals surface area contributed by atoms with Gasteiger partial charge in [-0.05, 0) is 24.7 Å². The molecule has 0 aromatic heterocycles. The highest BCUT2D eigenvalue weighted by molar-refractivity contribution is 5.85. The molecule has 0 radical (unpaired) electrons. The minimum atomic E-state index is -2.86. The summed E-state index contributed by atoms with van der Waals surface area (Å²) in [5.74, 6) is -1.45. The number of hydrogen-bond donors (Lipinski definition) is 2. The molecule has 0 saturated heterocycles. The fourth-order valence-corrected chi connectivity index (χ4v) is 1.62. The molecule has 0 heterocycles. The van der Waals surface area contributed by atoms with E-state index in [1.54, 1.807) is 24.1 Å². The van der Waals surface area contributed by atoms with E-state index in [9.17, 15) is 18.4 Å². The summed E-state index contributed by atoms with van der Waals surface area (Å²) in [6.45, 7) is -2.85. The molecule has 0 aliphatic carbocycles. The van der Waals surface area contributed by atoms with Crippen LogP contribution in [0.2, 0.25) is 0 Å². The molecule has 22 heavy (non-hydrogen) atoms. The number of likely N-dealkylation sites (N-methyl/N-ethyl adjacent to an activating group) is 1. The molecule has 0 spiro atoms. The number of carboxylic acid groups (broad SMARTS) is 1. The summed E-state index contributed by atoms with van der Waals surface area (Å²) in [5.41, 5.74) is 0.810. The second kappa shape index (κ2) is 9.91. The molecule has 1 amide bonds. The number of ether oxygens (including phenoxy) is 1. The first-order valence-electron chi connectivity index (χ1n) is 6.07. The lowest BCUT2D eigenvalue weighted by Crippen LogP contribution is -2.37. The number of nitrogens with zero attached hydrogens (tertiary/aromatic N) is 1. The number of aliphatic carboxylic acids is 1. The van der Waals surface area contributed by atoms with Gasteiger partial charge < -0.3 is 15.2 Å². The van der Waals surface area contributed by atoms with Crippen molar-refractivity contribution in [3.8, 4) is 5.75 Å². The molecule has 0 atom stereocenters. The molecule has 124 valence electrons. The van der Waals surface area contributed by atoms with Gasteiger partial charge in [-0.3, -0.25) is 14.5 Å². The topological polar surface area (TPSA) is 78.9 Å². The van der Waals surface area contributed by atoms with Crippen molar-refractivity contribution in [3.63, 3.8) is 0 Å². The van der Waals surface area contributed by atoms with Crippen molar-refractivity contribution in [3.05, 3.63) is 29.8 Å². The number of carbonyl (C=O) groups excluding carboxylic acids is 1. The summed E-state index contributed by atoms with van der Waals surface area (Å²) >= 11 is 0. The van der Waals surface area contributed by atoms with Crippen molar-refractivity contribution in [1.82, 2.24) is 10.2 Å². The fourth-order valence-electron chi connectivity index (χ4n) is 1.62. The zero-order valence-corrected chi connectivity index (χ0v) is 12.6. The van der Waals surface area contributed by atoms with E-state index in [0.717, 1.165) is 5.56 Å². The van der Waals surface area contributed by atoms with Gasteiger partial charge in [0.1, 0.15) is 12.3 Å². The zero-order chi connectivity index (χ0) is 15.8. The fraction of sp³-hybridized carbons (Fsp3) is 0.385. The molecule has 2 N–H and O–H groups in total. The minimum Gasteiger partial charge on any atom is -0.480 e. The van der Waals surface area contributed by atoms with Gasteiger partial charge in [-0.2, -0.15) is 8.78 Å². The first-order valence-corrected chi connectivity index (χ1v) is 6.07.